The van der Waals surface area contributed by atoms with Gasteiger partial charge in [0.2, 0.25) is 0 Å². The third-order valence-corrected chi connectivity index (χ3v) is 3.79. The Morgan fingerprint density at radius 1 is 1.35 bits per heavy atom. The highest BCUT2D eigenvalue weighted by molar-refractivity contribution is 6.17. The summed E-state index contributed by atoms with van der Waals surface area (Å²) in [5.74, 6) is 1.33. The fourth-order valence-corrected chi connectivity index (χ4v) is 2.56. The van der Waals surface area contributed by atoms with E-state index < -0.39 is 0 Å². The summed E-state index contributed by atoms with van der Waals surface area (Å²) in [4.78, 5) is 4.34. The van der Waals surface area contributed by atoms with Gasteiger partial charge in [0.25, 0.3) is 0 Å². The lowest BCUT2D eigenvalue weighted by atomic mass is 10.1. The van der Waals surface area contributed by atoms with E-state index in [2.05, 4.69) is 11.9 Å². The average molecular weight is 320 g/mol. The Balaban J connectivity index is 0.00000200. The molecule has 1 aromatic heterocycles. The van der Waals surface area contributed by atoms with Gasteiger partial charge in [0, 0.05) is 24.1 Å². The van der Waals surface area contributed by atoms with Gasteiger partial charge in [0.1, 0.15) is 5.75 Å². The highest BCUT2D eigenvalue weighted by Gasteiger charge is 2.24. The zero-order valence-corrected chi connectivity index (χ0v) is 13.7. The largest absolute Gasteiger partial charge is 0.463 e. The summed E-state index contributed by atoms with van der Waals surface area (Å²) in [7, 11) is 0. The van der Waals surface area contributed by atoms with E-state index in [1.54, 1.807) is 0 Å². The SMILES string of the molecule is CCCCCCC1OCc2c(CCl)cnc(C)c2O1.Cl. The second kappa shape index (κ2) is 8.71. The summed E-state index contributed by atoms with van der Waals surface area (Å²) in [5, 5.41) is 0. The van der Waals surface area contributed by atoms with Crippen LogP contribution in [0.15, 0.2) is 6.20 Å². The second-order valence-corrected chi connectivity index (χ2v) is 5.29. The lowest BCUT2D eigenvalue weighted by molar-refractivity contribution is -0.113. The van der Waals surface area contributed by atoms with Crippen molar-refractivity contribution < 1.29 is 9.47 Å². The quantitative estimate of drug-likeness (QED) is 0.559. The number of nitrogens with zero attached hydrogens (tertiary/aromatic N) is 1. The van der Waals surface area contributed by atoms with Crippen LogP contribution in [0, 0.1) is 6.92 Å². The minimum Gasteiger partial charge on any atom is -0.463 e. The summed E-state index contributed by atoms with van der Waals surface area (Å²) in [5.41, 5.74) is 2.99. The van der Waals surface area contributed by atoms with Gasteiger partial charge in [-0.3, -0.25) is 4.98 Å². The van der Waals surface area contributed by atoms with Gasteiger partial charge < -0.3 is 9.47 Å². The molecule has 0 aliphatic carbocycles. The van der Waals surface area contributed by atoms with Gasteiger partial charge in [-0.05, 0) is 18.9 Å². The van der Waals surface area contributed by atoms with E-state index in [1.165, 1.54) is 19.3 Å². The maximum Gasteiger partial charge on any atom is 0.200 e. The van der Waals surface area contributed by atoms with Crippen LogP contribution in [0.2, 0.25) is 0 Å². The third-order valence-electron chi connectivity index (χ3n) is 3.50. The summed E-state index contributed by atoms with van der Waals surface area (Å²) < 4.78 is 11.7. The number of halogens is 2. The number of fused-ring (bicyclic) bond motifs is 1. The molecule has 1 aliphatic heterocycles. The number of aryl methyl sites for hydroxylation is 1. The number of pyridine rings is 1. The van der Waals surface area contributed by atoms with Crippen molar-refractivity contribution in [2.75, 3.05) is 0 Å². The molecule has 0 spiro atoms. The molecule has 2 rings (SSSR count). The Bertz CT molecular complexity index is 427. The fourth-order valence-electron chi connectivity index (χ4n) is 2.33. The first-order valence-corrected chi connectivity index (χ1v) is 7.61. The normalized spacial score (nSPS) is 17.1. The Kier molecular flexibility index (Phi) is 7.63. The predicted octanol–water partition coefficient (Wildman–Crippen LogP) is 4.76. The van der Waals surface area contributed by atoms with Crippen LogP contribution in [0.1, 0.15) is 55.8 Å². The van der Waals surface area contributed by atoms with Crippen molar-refractivity contribution in [1.29, 1.82) is 0 Å². The van der Waals surface area contributed by atoms with Crippen molar-refractivity contribution in [3.63, 3.8) is 0 Å². The molecule has 0 aromatic carbocycles. The van der Waals surface area contributed by atoms with Crippen molar-refractivity contribution in [2.45, 2.75) is 64.7 Å². The molecule has 0 amide bonds. The maximum atomic E-state index is 5.94. The van der Waals surface area contributed by atoms with Crippen LogP contribution in [-0.2, 0) is 17.2 Å². The summed E-state index contributed by atoms with van der Waals surface area (Å²) in [6.07, 6.45) is 7.55. The Hall–Kier alpha value is -0.510. The standard InChI is InChI=1S/C15H22ClNO2.ClH/c1-3-4-5-6-7-14-18-10-13-12(8-16)9-17-11(2)15(13)19-14;/h9,14H,3-8,10H2,1-2H3;1H. The maximum absolute atomic E-state index is 5.94. The van der Waals surface area contributed by atoms with Crippen LogP contribution >= 0.6 is 24.0 Å². The van der Waals surface area contributed by atoms with Crippen LogP contribution in [-0.4, -0.2) is 11.3 Å². The van der Waals surface area contributed by atoms with Crippen LogP contribution in [0.3, 0.4) is 0 Å². The van der Waals surface area contributed by atoms with Crippen molar-refractivity contribution in [3.05, 3.63) is 23.0 Å². The number of hydrogen-bond donors (Lipinski definition) is 0. The zero-order valence-electron chi connectivity index (χ0n) is 12.2. The molecule has 0 bridgehead atoms. The van der Waals surface area contributed by atoms with Crippen molar-refractivity contribution in [2.24, 2.45) is 0 Å². The van der Waals surface area contributed by atoms with E-state index in [0.29, 0.717) is 12.5 Å². The van der Waals surface area contributed by atoms with Crippen LogP contribution in [0.5, 0.6) is 5.75 Å². The molecule has 1 aromatic rings. The fraction of sp³-hybridized carbons (Fsp3) is 0.667. The van der Waals surface area contributed by atoms with Crippen molar-refractivity contribution >= 4 is 24.0 Å². The van der Waals surface area contributed by atoms with Crippen molar-refractivity contribution in [1.82, 2.24) is 4.98 Å². The van der Waals surface area contributed by atoms with Gasteiger partial charge in [-0.1, -0.05) is 26.2 Å². The van der Waals surface area contributed by atoms with Gasteiger partial charge in [0.05, 0.1) is 12.3 Å². The average Bonchev–Trinajstić information content (AvgIpc) is 2.44. The Morgan fingerprint density at radius 2 is 2.15 bits per heavy atom. The molecule has 5 heteroatoms. The Morgan fingerprint density at radius 3 is 2.85 bits per heavy atom. The minimum absolute atomic E-state index is 0. The van der Waals surface area contributed by atoms with Crippen LogP contribution in [0.4, 0.5) is 0 Å². The monoisotopic (exact) mass is 319 g/mol. The van der Waals surface area contributed by atoms with Crippen LogP contribution in [0.25, 0.3) is 0 Å². The smallest absolute Gasteiger partial charge is 0.200 e. The van der Waals surface area contributed by atoms with E-state index in [4.69, 9.17) is 21.1 Å². The first-order chi connectivity index (χ1) is 9.26. The highest BCUT2D eigenvalue weighted by atomic mass is 35.5. The topological polar surface area (TPSA) is 31.4 Å². The molecule has 0 radical (unpaired) electrons. The van der Waals surface area contributed by atoms with E-state index in [9.17, 15) is 0 Å². The molecule has 1 aliphatic rings. The molecule has 0 N–H and O–H groups in total. The minimum atomic E-state index is -0.129. The number of hydrogen-bond acceptors (Lipinski definition) is 3. The molecule has 2 heterocycles. The Labute approximate surface area is 132 Å². The first kappa shape index (κ1) is 17.5. The molecular weight excluding hydrogens is 297 g/mol. The number of rotatable bonds is 6. The molecular formula is C15H23Cl2NO2. The van der Waals surface area contributed by atoms with Gasteiger partial charge in [-0.25, -0.2) is 0 Å². The molecule has 3 nitrogen and oxygen atoms in total. The van der Waals surface area contributed by atoms with E-state index in [0.717, 1.165) is 35.4 Å². The van der Waals surface area contributed by atoms with Gasteiger partial charge in [0.15, 0.2) is 6.29 Å². The predicted molar refractivity (Wildman–Crippen MR) is 83.7 cm³/mol. The molecule has 114 valence electrons. The zero-order chi connectivity index (χ0) is 13.7. The highest BCUT2D eigenvalue weighted by Crippen LogP contribution is 2.33. The molecule has 0 fully saturated rings. The first-order valence-electron chi connectivity index (χ1n) is 7.07. The summed E-state index contributed by atoms with van der Waals surface area (Å²) in [6, 6.07) is 0. The molecule has 1 unspecified atom stereocenters. The van der Waals surface area contributed by atoms with Gasteiger partial charge >= 0.3 is 0 Å². The lowest BCUT2D eigenvalue weighted by Crippen LogP contribution is -2.27. The number of ether oxygens (including phenoxy) is 2. The lowest BCUT2D eigenvalue weighted by Gasteiger charge is -2.28. The number of aromatic nitrogens is 1. The number of alkyl halides is 1. The second-order valence-electron chi connectivity index (χ2n) is 5.02. The van der Waals surface area contributed by atoms with Crippen LogP contribution < -0.4 is 4.74 Å². The number of unbranched alkanes of at least 4 members (excludes halogenated alkanes) is 3. The molecule has 20 heavy (non-hydrogen) atoms. The summed E-state index contributed by atoms with van der Waals surface area (Å²) in [6.45, 7) is 4.77. The van der Waals surface area contributed by atoms with E-state index in [1.807, 2.05) is 13.1 Å². The van der Waals surface area contributed by atoms with E-state index in [-0.39, 0.29) is 18.7 Å². The van der Waals surface area contributed by atoms with E-state index >= 15 is 0 Å². The van der Waals surface area contributed by atoms with Gasteiger partial charge in [-0.2, -0.15) is 0 Å². The molecule has 0 saturated heterocycles. The third kappa shape index (κ3) is 4.24. The van der Waals surface area contributed by atoms with Gasteiger partial charge in [-0.15, -0.1) is 24.0 Å². The molecule has 0 saturated carbocycles. The van der Waals surface area contributed by atoms with Crippen molar-refractivity contribution in [3.8, 4) is 5.75 Å². The molecule has 1 atom stereocenters. The summed E-state index contributed by atoms with van der Waals surface area (Å²) >= 11 is 5.92.